The van der Waals surface area contributed by atoms with Gasteiger partial charge in [0.05, 0.1) is 19.3 Å². The van der Waals surface area contributed by atoms with Crippen LogP contribution in [-0.4, -0.2) is 33.3 Å². The number of nitrogens with one attached hydrogen (secondary N) is 1. The number of hydrogen-bond acceptors (Lipinski definition) is 5. The van der Waals surface area contributed by atoms with E-state index < -0.39 is 9.84 Å². The van der Waals surface area contributed by atoms with Crippen LogP contribution in [0.5, 0.6) is 0 Å². The fraction of sp³-hybridized carbons (Fsp3) is 0.357. The molecule has 0 saturated heterocycles. The molecule has 2 rings (SSSR count). The molecule has 1 aliphatic heterocycles. The van der Waals surface area contributed by atoms with Gasteiger partial charge in [-0.15, -0.1) is 0 Å². The third-order valence-electron chi connectivity index (χ3n) is 3.17. The zero-order chi connectivity index (χ0) is 14.6. The molecule has 1 aromatic carbocycles. The zero-order valence-corrected chi connectivity index (χ0v) is 12.0. The Bertz CT molecular complexity index is 622. The van der Waals surface area contributed by atoms with Crippen LogP contribution in [-0.2, 0) is 32.3 Å². The molecule has 1 unspecified atom stereocenters. The molecule has 0 saturated carbocycles. The maximum atomic E-state index is 11.3. The lowest BCUT2D eigenvalue weighted by Crippen LogP contribution is -2.30. The number of ether oxygens (including phenoxy) is 1. The summed E-state index contributed by atoms with van der Waals surface area (Å²) >= 11 is 0. The van der Waals surface area contributed by atoms with Gasteiger partial charge in [0, 0.05) is 18.0 Å². The summed E-state index contributed by atoms with van der Waals surface area (Å²) in [6.07, 6.45) is 1.87. The molecule has 0 aromatic heterocycles. The van der Waals surface area contributed by atoms with E-state index in [1.807, 2.05) is 24.3 Å². The van der Waals surface area contributed by atoms with E-state index in [9.17, 15) is 13.2 Å². The minimum Gasteiger partial charge on any atom is -0.469 e. The number of hydrogen-bond donors (Lipinski definition) is 1. The van der Waals surface area contributed by atoms with E-state index in [-0.39, 0.29) is 24.2 Å². The van der Waals surface area contributed by atoms with E-state index in [2.05, 4.69) is 10.1 Å². The van der Waals surface area contributed by atoms with Crippen molar-refractivity contribution >= 4 is 15.8 Å². The fourth-order valence-corrected chi connectivity index (χ4v) is 3.34. The van der Waals surface area contributed by atoms with Crippen molar-refractivity contribution in [3.63, 3.8) is 0 Å². The predicted octanol–water partition coefficient (Wildman–Crippen LogP) is 0.802. The second kappa shape index (κ2) is 6.19. The lowest BCUT2D eigenvalue weighted by atomic mass is 10.0. The first-order valence-electron chi connectivity index (χ1n) is 6.28. The van der Waals surface area contributed by atoms with E-state index >= 15 is 0 Å². The SMILES string of the molecule is COC(=O)Cc1ccccc1CNC1C=CS(=O)(=O)C1. The van der Waals surface area contributed by atoms with Gasteiger partial charge in [0.15, 0.2) is 9.84 Å². The summed E-state index contributed by atoms with van der Waals surface area (Å²) in [4.78, 5) is 11.3. The van der Waals surface area contributed by atoms with Crippen LogP contribution in [0.15, 0.2) is 35.7 Å². The molecule has 20 heavy (non-hydrogen) atoms. The summed E-state index contributed by atoms with van der Waals surface area (Å²) in [6.45, 7) is 0.512. The Hall–Kier alpha value is -1.66. The first-order valence-corrected chi connectivity index (χ1v) is 7.99. The molecule has 108 valence electrons. The summed E-state index contributed by atoms with van der Waals surface area (Å²) in [5.74, 6) is -0.201. The number of carbonyl (C=O) groups is 1. The lowest BCUT2D eigenvalue weighted by Gasteiger charge is -2.13. The number of carbonyl (C=O) groups excluding carboxylic acids is 1. The quantitative estimate of drug-likeness (QED) is 0.814. The Morgan fingerprint density at radius 2 is 2.05 bits per heavy atom. The average Bonchev–Trinajstić information content (AvgIpc) is 2.77. The van der Waals surface area contributed by atoms with Gasteiger partial charge in [0.25, 0.3) is 0 Å². The third kappa shape index (κ3) is 3.91. The van der Waals surface area contributed by atoms with Crippen molar-refractivity contribution in [2.75, 3.05) is 12.9 Å². The lowest BCUT2D eigenvalue weighted by molar-refractivity contribution is -0.139. The molecule has 1 heterocycles. The molecule has 0 radical (unpaired) electrons. The summed E-state index contributed by atoms with van der Waals surface area (Å²) in [6, 6.07) is 7.36. The van der Waals surface area contributed by atoms with Crippen LogP contribution in [0.3, 0.4) is 0 Å². The number of esters is 1. The topological polar surface area (TPSA) is 72.5 Å². The monoisotopic (exact) mass is 295 g/mol. The van der Waals surface area contributed by atoms with E-state index in [4.69, 9.17) is 0 Å². The van der Waals surface area contributed by atoms with Gasteiger partial charge >= 0.3 is 5.97 Å². The summed E-state index contributed by atoms with van der Waals surface area (Å²) in [5.41, 5.74) is 1.85. The van der Waals surface area contributed by atoms with Crippen molar-refractivity contribution in [2.45, 2.75) is 19.0 Å². The Morgan fingerprint density at radius 1 is 1.35 bits per heavy atom. The zero-order valence-electron chi connectivity index (χ0n) is 11.2. The molecule has 5 nitrogen and oxygen atoms in total. The van der Waals surface area contributed by atoms with Crippen LogP contribution in [0, 0.1) is 0 Å². The first kappa shape index (κ1) is 14.7. The largest absolute Gasteiger partial charge is 0.469 e. The number of rotatable bonds is 5. The molecule has 0 bridgehead atoms. The highest BCUT2D eigenvalue weighted by Gasteiger charge is 2.21. The number of sulfone groups is 1. The smallest absolute Gasteiger partial charge is 0.309 e. The number of benzene rings is 1. The molecule has 0 spiro atoms. The maximum Gasteiger partial charge on any atom is 0.309 e. The Labute approximate surface area is 118 Å². The number of methoxy groups -OCH3 is 1. The van der Waals surface area contributed by atoms with Crippen molar-refractivity contribution in [1.82, 2.24) is 5.32 Å². The highest BCUT2D eigenvalue weighted by molar-refractivity contribution is 7.94. The highest BCUT2D eigenvalue weighted by Crippen LogP contribution is 2.13. The van der Waals surface area contributed by atoms with Crippen LogP contribution in [0.4, 0.5) is 0 Å². The van der Waals surface area contributed by atoms with Crippen molar-refractivity contribution in [3.8, 4) is 0 Å². The predicted molar refractivity (Wildman–Crippen MR) is 75.7 cm³/mol. The van der Waals surface area contributed by atoms with Crippen molar-refractivity contribution < 1.29 is 17.9 Å². The van der Waals surface area contributed by atoms with Gasteiger partial charge in [-0.3, -0.25) is 4.79 Å². The third-order valence-corrected chi connectivity index (χ3v) is 4.56. The Kier molecular flexibility index (Phi) is 4.57. The summed E-state index contributed by atoms with van der Waals surface area (Å²) in [7, 11) is -1.69. The molecule has 6 heteroatoms. The van der Waals surface area contributed by atoms with Gasteiger partial charge in [-0.05, 0) is 11.1 Å². The molecule has 1 N–H and O–H groups in total. The molecule has 1 atom stereocenters. The second-order valence-corrected chi connectivity index (χ2v) is 6.60. The minimum atomic E-state index is -3.05. The molecule has 1 aliphatic rings. The minimum absolute atomic E-state index is 0.0895. The van der Waals surface area contributed by atoms with E-state index in [0.717, 1.165) is 11.1 Å². The standard InChI is InChI=1S/C14H17NO4S/c1-19-14(16)8-11-4-2-3-5-12(11)9-15-13-6-7-20(17,18)10-13/h2-7,13,15H,8-10H2,1H3. The molecule has 0 aliphatic carbocycles. The van der Waals surface area contributed by atoms with E-state index in [0.29, 0.717) is 6.54 Å². The first-order chi connectivity index (χ1) is 9.50. The second-order valence-electron chi connectivity index (χ2n) is 4.67. The van der Waals surface area contributed by atoms with Crippen molar-refractivity contribution in [2.24, 2.45) is 0 Å². The fourth-order valence-electron chi connectivity index (χ4n) is 2.07. The summed E-state index contributed by atoms with van der Waals surface area (Å²) in [5, 5.41) is 4.41. The average molecular weight is 295 g/mol. The van der Waals surface area contributed by atoms with Crippen LogP contribution >= 0.6 is 0 Å². The normalized spacial score (nSPS) is 19.9. The molecule has 1 aromatic rings. The molecule has 0 fully saturated rings. The van der Waals surface area contributed by atoms with Crippen LogP contribution in [0.2, 0.25) is 0 Å². The van der Waals surface area contributed by atoms with Crippen LogP contribution in [0.1, 0.15) is 11.1 Å². The molecule has 0 amide bonds. The van der Waals surface area contributed by atoms with Gasteiger partial charge < -0.3 is 10.1 Å². The van der Waals surface area contributed by atoms with Crippen molar-refractivity contribution in [1.29, 1.82) is 0 Å². The van der Waals surface area contributed by atoms with Crippen LogP contribution in [0.25, 0.3) is 0 Å². The van der Waals surface area contributed by atoms with Gasteiger partial charge in [-0.25, -0.2) is 8.42 Å². The van der Waals surface area contributed by atoms with Gasteiger partial charge in [0.2, 0.25) is 0 Å². The van der Waals surface area contributed by atoms with Gasteiger partial charge in [0.1, 0.15) is 0 Å². The van der Waals surface area contributed by atoms with E-state index in [1.165, 1.54) is 12.5 Å². The van der Waals surface area contributed by atoms with E-state index in [1.54, 1.807) is 6.08 Å². The molecular weight excluding hydrogens is 278 g/mol. The van der Waals surface area contributed by atoms with Gasteiger partial charge in [-0.2, -0.15) is 0 Å². The van der Waals surface area contributed by atoms with Crippen LogP contribution < -0.4 is 5.32 Å². The summed E-state index contributed by atoms with van der Waals surface area (Å²) < 4.78 is 27.3. The maximum absolute atomic E-state index is 11.3. The highest BCUT2D eigenvalue weighted by atomic mass is 32.2. The Balaban J connectivity index is 1.99. The Morgan fingerprint density at radius 3 is 2.65 bits per heavy atom. The molecular formula is C14H17NO4S. The van der Waals surface area contributed by atoms with Gasteiger partial charge in [-0.1, -0.05) is 30.3 Å². The van der Waals surface area contributed by atoms with Crippen molar-refractivity contribution in [3.05, 3.63) is 46.9 Å².